The van der Waals surface area contributed by atoms with Crippen LogP contribution in [-0.2, 0) is 21.7 Å². The molecule has 0 unspecified atom stereocenters. The van der Waals surface area contributed by atoms with Crippen LogP contribution >= 0.6 is 0 Å². The Balaban J connectivity index is 1.17. The Morgan fingerprint density at radius 2 is 0.868 bits per heavy atom. The lowest BCUT2D eigenvalue weighted by molar-refractivity contribution is 0.590. The maximum atomic E-state index is 6.64. The molecule has 0 atom stereocenters. The van der Waals surface area contributed by atoms with Crippen molar-refractivity contribution in [2.45, 2.75) is 105 Å². The van der Waals surface area contributed by atoms with Gasteiger partial charge in [-0.1, -0.05) is 192 Å². The number of hydrogen-bond acceptors (Lipinski definition) is 3. The van der Waals surface area contributed by atoms with Gasteiger partial charge in [-0.2, -0.15) is 0 Å². The maximum absolute atomic E-state index is 6.64. The second kappa shape index (κ2) is 15.4. The first kappa shape index (κ1) is 43.8. The summed E-state index contributed by atoms with van der Waals surface area (Å²) < 4.78 is 6.64. The molecule has 0 saturated carbocycles. The van der Waals surface area contributed by atoms with Gasteiger partial charge in [-0.05, 0) is 132 Å². The van der Waals surface area contributed by atoms with Crippen molar-refractivity contribution in [2.75, 3.05) is 9.80 Å². The van der Waals surface area contributed by atoms with E-state index < -0.39 is 0 Å². The van der Waals surface area contributed by atoms with E-state index in [4.69, 9.17) is 4.42 Å². The van der Waals surface area contributed by atoms with Crippen molar-refractivity contribution in [1.82, 2.24) is 0 Å². The highest BCUT2D eigenvalue weighted by molar-refractivity contribution is 7.00. The van der Waals surface area contributed by atoms with Crippen LogP contribution in [0.2, 0.25) is 0 Å². The number of rotatable bonds is 4. The molecule has 0 spiro atoms. The first-order valence-electron chi connectivity index (χ1n) is 24.5. The van der Waals surface area contributed by atoms with Gasteiger partial charge >= 0.3 is 0 Å². The van der Waals surface area contributed by atoms with Gasteiger partial charge in [0.05, 0.1) is 0 Å². The van der Waals surface area contributed by atoms with Crippen LogP contribution in [0, 0.1) is 0 Å². The third-order valence-electron chi connectivity index (χ3n) is 14.7. The molecule has 4 heteroatoms. The van der Waals surface area contributed by atoms with Gasteiger partial charge in [-0.3, -0.25) is 0 Å². The van der Waals surface area contributed by atoms with E-state index in [1.54, 1.807) is 0 Å². The van der Waals surface area contributed by atoms with Crippen LogP contribution in [0.4, 0.5) is 34.1 Å². The van der Waals surface area contributed by atoms with E-state index >= 15 is 0 Å². The zero-order valence-corrected chi connectivity index (χ0v) is 42.0. The van der Waals surface area contributed by atoms with Crippen molar-refractivity contribution >= 4 is 79.2 Å². The number of para-hydroxylation sites is 2. The number of anilines is 6. The fourth-order valence-electron chi connectivity index (χ4n) is 10.7. The number of benzene rings is 8. The molecular formula is C64H63BN2O. The summed E-state index contributed by atoms with van der Waals surface area (Å²) >= 11 is 0. The molecule has 9 aromatic rings. The molecule has 0 saturated heterocycles. The summed E-state index contributed by atoms with van der Waals surface area (Å²) in [6.07, 6.45) is 0. The lowest BCUT2D eigenvalue weighted by atomic mass is 9.33. The number of nitrogens with zero attached hydrogens (tertiary/aromatic N) is 2. The second-order valence-corrected chi connectivity index (χ2v) is 23.5. The smallest absolute Gasteiger partial charge is 0.252 e. The zero-order chi connectivity index (χ0) is 47.7. The van der Waals surface area contributed by atoms with E-state index in [1.807, 2.05) is 0 Å². The highest BCUT2D eigenvalue weighted by Gasteiger charge is 2.45. The molecule has 0 radical (unpaired) electrons. The average molecular weight is 887 g/mol. The molecule has 0 amide bonds. The summed E-state index contributed by atoms with van der Waals surface area (Å²) in [7, 11) is 0. The van der Waals surface area contributed by atoms with E-state index in [-0.39, 0.29) is 28.4 Å². The molecule has 0 aliphatic carbocycles. The van der Waals surface area contributed by atoms with Crippen LogP contribution in [0.15, 0.2) is 168 Å². The molecule has 68 heavy (non-hydrogen) atoms. The van der Waals surface area contributed by atoms with Gasteiger partial charge in [-0.25, -0.2) is 0 Å². The van der Waals surface area contributed by atoms with Crippen LogP contribution in [0.3, 0.4) is 0 Å². The van der Waals surface area contributed by atoms with Crippen molar-refractivity contribution in [2.24, 2.45) is 0 Å². The summed E-state index contributed by atoms with van der Waals surface area (Å²) in [6, 6.07) is 62.0. The maximum Gasteiger partial charge on any atom is 0.252 e. The zero-order valence-electron chi connectivity index (χ0n) is 42.0. The fraction of sp³-hybridized carbons (Fsp3) is 0.250. The third kappa shape index (κ3) is 7.27. The van der Waals surface area contributed by atoms with Gasteiger partial charge in [0, 0.05) is 50.5 Å². The highest BCUT2D eigenvalue weighted by Crippen LogP contribution is 2.48. The quantitative estimate of drug-likeness (QED) is 0.164. The fourth-order valence-corrected chi connectivity index (χ4v) is 10.7. The monoisotopic (exact) mass is 887 g/mol. The molecule has 3 heterocycles. The molecule has 2 aliphatic heterocycles. The van der Waals surface area contributed by atoms with Crippen molar-refractivity contribution in [3.05, 3.63) is 186 Å². The van der Waals surface area contributed by atoms with E-state index in [1.165, 1.54) is 72.5 Å². The first-order valence-corrected chi connectivity index (χ1v) is 24.5. The standard InChI is InChI=1S/C64H63BN2O/c1-61(2,3)43-27-23-40(24-28-43)41-25-31-47(32-26-41)66-54-33-29-44(62(4,5)6)36-52(54)65-53-37-45(63(7,8)9)30-34-55(53)67(57-39-46(64(10,11)12)38-56(66)59(57)65)48-18-15-17-42(35-48)49-20-16-21-51-50-19-13-14-22-58(50)68-60(49)51/h13-39H,1-12H3. The Hall–Kier alpha value is -6.78. The Labute approximate surface area is 404 Å². The SMILES string of the molecule is CC(C)(C)c1ccc(-c2ccc(N3c4ccc(C(C)(C)C)cc4B4c5cc(C(C)(C)C)ccc5N(c5cccc(-c6cccc7c6oc6ccccc67)c5)c5cc(C(C)(C)C)cc3c54)cc2)cc1. The molecule has 338 valence electrons. The molecule has 3 nitrogen and oxygen atoms in total. The van der Waals surface area contributed by atoms with Crippen LogP contribution in [-0.4, -0.2) is 6.71 Å². The van der Waals surface area contributed by atoms with E-state index in [0.29, 0.717) is 0 Å². The lowest BCUT2D eigenvalue weighted by Gasteiger charge is -2.45. The van der Waals surface area contributed by atoms with E-state index in [9.17, 15) is 0 Å². The minimum Gasteiger partial charge on any atom is -0.455 e. The van der Waals surface area contributed by atoms with Crippen LogP contribution < -0.4 is 26.2 Å². The second-order valence-electron chi connectivity index (χ2n) is 23.5. The summed E-state index contributed by atoms with van der Waals surface area (Å²) in [5.41, 5.74) is 22.9. The molecule has 1 aromatic heterocycles. The number of fused-ring (bicyclic) bond motifs is 7. The highest BCUT2D eigenvalue weighted by atomic mass is 16.3. The minimum atomic E-state index is -0.132. The Morgan fingerprint density at radius 3 is 1.44 bits per heavy atom. The third-order valence-corrected chi connectivity index (χ3v) is 14.7. The molecule has 0 bridgehead atoms. The first-order chi connectivity index (χ1) is 32.2. The van der Waals surface area contributed by atoms with Crippen molar-refractivity contribution in [1.29, 1.82) is 0 Å². The average Bonchev–Trinajstić information content (AvgIpc) is 3.69. The van der Waals surface area contributed by atoms with Gasteiger partial charge in [0.2, 0.25) is 0 Å². The normalized spacial score (nSPS) is 13.8. The Bertz CT molecular complexity index is 3440. The van der Waals surface area contributed by atoms with Gasteiger partial charge in [0.15, 0.2) is 0 Å². The summed E-state index contributed by atoms with van der Waals surface area (Å²) in [5, 5.41) is 2.27. The van der Waals surface area contributed by atoms with Crippen molar-refractivity contribution in [3.63, 3.8) is 0 Å². The molecule has 0 N–H and O–H groups in total. The van der Waals surface area contributed by atoms with Crippen LogP contribution in [0.5, 0.6) is 0 Å². The molecule has 2 aliphatic rings. The van der Waals surface area contributed by atoms with E-state index in [0.717, 1.165) is 44.4 Å². The largest absolute Gasteiger partial charge is 0.455 e. The Morgan fingerprint density at radius 1 is 0.368 bits per heavy atom. The summed E-state index contributed by atoms with van der Waals surface area (Å²) in [6.45, 7) is 27.9. The summed E-state index contributed by atoms with van der Waals surface area (Å²) in [4.78, 5) is 5.13. The number of hydrogen-bond donors (Lipinski definition) is 0. The topological polar surface area (TPSA) is 19.6 Å². The van der Waals surface area contributed by atoms with Gasteiger partial charge in [0.1, 0.15) is 11.2 Å². The Kier molecular flexibility index (Phi) is 9.90. The molecule has 0 fully saturated rings. The molecular weight excluding hydrogens is 824 g/mol. The summed E-state index contributed by atoms with van der Waals surface area (Å²) in [5.74, 6) is 0. The molecule has 8 aromatic carbocycles. The van der Waals surface area contributed by atoms with Crippen molar-refractivity contribution in [3.8, 4) is 22.3 Å². The lowest BCUT2D eigenvalue weighted by Crippen LogP contribution is -2.61. The van der Waals surface area contributed by atoms with Crippen molar-refractivity contribution < 1.29 is 4.42 Å². The van der Waals surface area contributed by atoms with Gasteiger partial charge in [0.25, 0.3) is 6.71 Å². The van der Waals surface area contributed by atoms with Crippen LogP contribution in [0.25, 0.3) is 44.2 Å². The number of furan rings is 1. The van der Waals surface area contributed by atoms with Crippen LogP contribution in [0.1, 0.15) is 105 Å². The predicted molar refractivity (Wildman–Crippen MR) is 293 cm³/mol. The van der Waals surface area contributed by atoms with Gasteiger partial charge < -0.3 is 14.2 Å². The predicted octanol–water partition coefficient (Wildman–Crippen LogP) is 16.2. The molecule has 11 rings (SSSR count). The van der Waals surface area contributed by atoms with E-state index in [2.05, 4.69) is 257 Å². The minimum absolute atomic E-state index is 0.00389. The van der Waals surface area contributed by atoms with Gasteiger partial charge in [-0.15, -0.1) is 0 Å².